The number of hydrogen-bond donors (Lipinski definition) is 1. The Labute approximate surface area is 99.3 Å². The zero-order valence-electron chi connectivity index (χ0n) is 8.96. The molecule has 17 heavy (non-hydrogen) atoms. The summed E-state index contributed by atoms with van der Waals surface area (Å²) < 4.78 is 15.9. The molecule has 0 bridgehead atoms. The molecule has 4 heteroatoms. The van der Waals surface area contributed by atoms with Crippen LogP contribution in [0.3, 0.4) is 0 Å². The van der Waals surface area contributed by atoms with Gasteiger partial charge in [0.1, 0.15) is 6.10 Å². The highest BCUT2D eigenvalue weighted by molar-refractivity contribution is 7.32. The summed E-state index contributed by atoms with van der Waals surface area (Å²) in [4.78, 5) is 8.90. The van der Waals surface area contributed by atoms with Gasteiger partial charge in [0.05, 0.1) is 0 Å². The van der Waals surface area contributed by atoms with E-state index in [4.69, 9.17) is 9.42 Å². The monoisotopic (exact) mass is 246 g/mol. The van der Waals surface area contributed by atoms with Gasteiger partial charge < -0.3 is 4.89 Å². The molecule has 0 aliphatic heterocycles. The zero-order chi connectivity index (χ0) is 11.8. The van der Waals surface area contributed by atoms with Crippen LogP contribution in [0.15, 0.2) is 42.5 Å². The number of hydrogen-bond acceptors (Lipinski definition) is 2. The van der Waals surface area contributed by atoms with E-state index >= 15 is 0 Å². The Balaban J connectivity index is 2.23. The summed E-state index contributed by atoms with van der Waals surface area (Å²) in [6, 6.07) is 12.0. The van der Waals surface area contributed by atoms with E-state index in [1.807, 2.05) is 48.6 Å². The highest BCUT2D eigenvalue weighted by Gasteiger charge is 2.18. The number of benzene rings is 2. The fourth-order valence-corrected chi connectivity index (χ4v) is 2.70. The van der Waals surface area contributed by atoms with E-state index in [1.54, 1.807) is 0 Å². The average Bonchev–Trinajstić information content (AvgIpc) is 2.33. The summed E-state index contributed by atoms with van der Waals surface area (Å²) in [5, 5.41) is 2.22. The van der Waals surface area contributed by atoms with Gasteiger partial charge in [-0.05, 0) is 21.9 Å². The van der Waals surface area contributed by atoms with Crippen LogP contribution in [-0.4, -0.2) is 4.89 Å². The molecular formula is C13H11O3P. The van der Waals surface area contributed by atoms with Gasteiger partial charge in [-0.1, -0.05) is 48.6 Å². The molecule has 1 N–H and O–H groups in total. The van der Waals surface area contributed by atoms with Gasteiger partial charge in [0.15, 0.2) is 0 Å². The second kappa shape index (κ2) is 4.11. The third-order valence-corrected chi connectivity index (χ3v) is 3.41. The topological polar surface area (TPSA) is 46.5 Å². The van der Waals surface area contributed by atoms with E-state index in [0.29, 0.717) is 0 Å². The normalized spacial score (nSPS) is 19.5. The molecule has 0 spiro atoms. The molecule has 1 aliphatic rings. The van der Waals surface area contributed by atoms with E-state index in [0.717, 1.165) is 21.9 Å². The smallest absolute Gasteiger partial charge is 0.317 e. The minimum Gasteiger partial charge on any atom is -0.326 e. The molecular weight excluding hydrogens is 235 g/mol. The van der Waals surface area contributed by atoms with E-state index in [-0.39, 0.29) is 0 Å². The Bertz CT molecular complexity index is 628. The van der Waals surface area contributed by atoms with Crippen LogP contribution in [0.25, 0.3) is 16.8 Å². The summed E-state index contributed by atoms with van der Waals surface area (Å²) in [7, 11) is -2.93. The molecule has 86 valence electrons. The predicted octanol–water partition coefficient (Wildman–Crippen LogP) is 3.31. The predicted molar refractivity (Wildman–Crippen MR) is 68.0 cm³/mol. The van der Waals surface area contributed by atoms with Crippen LogP contribution < -0.4 is 0 Å². The third-order valence-electron chi connectivity index (χ3n) is 2.95. The van der Waals surface area contributed by atoms with Crippen molar-refractivity contribution in [3.8, 4) is 0 Å². The fraction of sp³-hybridized carbons (Fsp3) is 0.0769. The SMILES string of the molecule is O=[PH](O)OC1C=Cc2cccc3cccc1c23. The lowest BCUT2D eigenvalue weighted by atomic mass is 9.92. The highest BCUT2D eigenvalue weighted by Crippen LogP contribution is 2.38. The maximum atomic E-state index is 10.8. The Morgan fingerprint density at radius 2 is 1.94 bits per heavy atom. The first-order chi connectivity index (χ1) is 8.25. The lowest BCUT2D eigenvalue weighted by Gasteiger charge is -2.20. The molecule has 2 atom stereocenters. The Kier molecular flexibility index (Phi) is 2.60. The number of rotatable bonds is 2. The summed E-state index contributed by atoms with van der Waals surface area (Å²) in [5.74, 6) is 0. The van der Waals surface area contributed by atoms with Crippen molar-refractivity contribution in [1.82, 2.24) is 0 Å². The molecule has 3 rings (SSSR count). The van der Waals surface area contributed by atoms with Crippen molar-refractivity contribution in [3.63, 3.8) is 0 Å². The van der Waals surface area contributed by atoms with Gasteiger partial charge in [-0.25, -0.2) is 0 Å². The van der Waals surface area contributed by atoms with Crippen LogP contribution in [0.4, 0.5) is 0 Å². The molecule has 2 aromatic rings. The van der Waals surface area contributed by atoms with Gasteiger partial charge in [-0.2, -0.15) is 0 Å². The molecule has 0 heterocycles. The first kappa shape index (κ1) is 10.7. The fourth-order valence-electron chi connectivity index (χ4n) is 2.28. The molecule has 2 unspecified atom stereocenters. The van der Waals surface area contributed by atoms with Gasteiger partial charge in [0.2, 0.25) is 0 Å². The van der Waals surface area contributed by atoms with Gasteiger partial charge in [-0.3, -0.25) is 9.09 Å². The minimum atomic E-state index is -2.93. The summed E-state index contributed by atoms with van der Waals surface area (Å²) in [6.45, 7) is 0. The average molecular weight is 246 g/mol. The van der Waals surface area contributed by atoms with E-state index in [1.165, 1.54) is 0 Å². The van der Waals surface area contributed by atoms with E-state index in [9.17, 15) is 4.57 Å². The second-order valence-electron chi connectivity index (χ2n) is 3.96. The van der Waals surface area contributed by atoms with Crippen molar-refractivity contribution in [1.29, 1.82) is 0 Å². The van der Waals surface area contributed by atoms with Crippen molar-refractivity contribution in [3.05, 3.63) is 53.6 Å². The van der Waals surface area contributed by atoms with E-state index in [2.05, 4.69) is 0 Å². The maximum Gasteiger partial charge on any atom is 0.317 e. The Morgan fingerprint density at radius 3 is 2.71 bits per heavy atom. The van der Waals surface area contributed by atoms with Crippen LogP contribution in [0.2, 0.25) is 0 Å². The van der Waals surface area contributed by atoms with Crippen molar-refractivity contribution >= 4 is 25.1 Å². The molecule has 0 fully saturated rings. The van der Waals surface area contributed by atoms with Crippen molar-refractivity contribution < 1.29 is 14.0 Å². The maximum absolute atomic E-state index is 10.8. The van der Waals surface area contributed by atoms with Gasteiger partial charge in [0, 0.05) is 0 Å². The standard InChI is InChI=1S/C13H11O3P/c14-17(15)16-12-8-7-10-4-1-3-9-5-2-6-11(12)13(9)10/h1-8,12,17H,(H,14,15). The van der Waals surface area contributed by atoms with Gasteiger partial charge >= 0.3 is 8.25 Å². The molecule has 0 amide bonds. The van der Waals surface area contributed by atoms with Crippen LogP contribution in [0.5, 0.6) is 0 Å². The van der Waals surface area contributed by atoms with Crippen LogP contribution in [-0.2, 0) is 9.09 Å². The summed E-state index contributed by atoms with van der Waals surface area (Å²) in [6.07, 6.45) is 3.32. The van der Waals surface area contributed by atoms with Gasteiger partial charge in [-0.15, -0.1) is 0 Å². The first-order valence-electron chi connectivity index (χ1n) is 5.35. The largest absolute Gasteiger partial charge is 0.326 e. The first-order valence-corrected chi connectivity index (χ1v) is 6.61. The molecule has 0 radical (unpaired) electrons. The van der Waals surface area contributed by atoms with E-state index < -0.39 is 14.4 Å². The van der Waals surface area contributed by atoms with Crippen LogP contribution in [0.1, 0.15) is 17.2 Å². The molecule has 0 saturated heterocycles. The second-order valence-corrected chi connectivity index (χ2v) is 4.72. The minimum absolute atomic E-state index is 0.426. The summed E-state index contributed by atoms with van der Waals surface area (Å²) >= 11 is 0. The Morgan fingerprint density at radius 1 is 1.18 bits per heavy atom. The lowest BCUT2D eigenvalue weighted by Crippen LogP contribution is -2.02. The molecule has 3 nitrogen and oxygen atoms in total. The van der Waals surface area contributed by atoms with Crippen molar-refractivity contribution in [2.24, 2.45) is 0 Å². The van der Waals surface area contributed by atoms with Crippen molar-refractivity contribution in [2.75, 3.05) is 0 Å². The molecule has 0 aromatic heterocycles. The molecule has 0 saturated carbocycles. The van der Waals surface area contributed by atoms with Gasteiger partial charge in [0.25, 0.3) is 0 Å². The van der Waals surface area contributed by atoms with Crippen molar-refractivity contribution in [2.45, 2.75) is 6.10 Å². The van der Waals surface area contributed by atoms with Crippen LogP contribution in [0, 0.1) is 0 Å². The third kappa shape index (κ3) is 1.83. The highest BCUT2D eigenvalue weighted by atomic mass is 31.1. The lowest BCUT2D eigenvalue weighted by molar-refractivity contribution is 0.234. The zero-order valence-corrected chi connectivity index (χ0v) is 9.96. The molecule has 1 aliphatic carbocycles. The summed E-state index contributed by atoms with van der Waals surface area (Å²) in [5.41, 5.74) is 2.07. The molecule has 2 aromatic carbocycles. The quantitative estimate of drug-likeness (QED) is 0.827. The van der Waals surface area contributed by atoms with Crippen LogP contribution >= 0.6 is 8.25 Å². The Hall–Kier alpha value is -1.41.